The highest BCUT2D eigenvalue weighted by molar-refractivity contribution is 5.96. The summed E-state index contributed by atoms with van der Waals surface area (Å²) in [6.45, 7) is 2.32. The maximum atomic E-state index is 12.8. The quantitative estimate of drug-likeness (QED) is 0.868. The van der Waals surface area contributed by atoms with Crippen LogP contribution in [0.15, 0.2) is 18.2 Å². The molecular formula is C20H27N3O2. The molecule has 1 aromatic rings. The Hall–Kier alpha value is -1.88. The van der Waals surface area contributed by atoms with Crippen LogP contribution in [-0.2, 0) is 16.0 Å². The van der Waals surface area contributed by atoms with Gasteiger partial charge in [-0.3, -0.25) is 9.59 Å². The average molecular weight is 341 g/mol. The number of carbonyl (C=O) groups is 2. The number of hydrogen-bond acceptors (Lipinski definition) is 3. The molecule has 0 radical (unpaired) electrons. The zero-order valence-corrected chi connectivity index (χ0v) is 14.8. The predicted octanol–water partition coefficient (Wildman–Crippen LogP) is 2.69. The molecule has 134 valence electrons. The van der Waals surface area contributed by atoms with Crippen molar-refractivity contribution in [2.24, 2.45) is 23.5 Å². The number of benzene rings is 1. The van der Waals surface area contributed by atoms with Crippen molar-refractivity contribution in [3.8, 4) is 0 Å². The van der Waals surface area contributed by atoms with Crippen LogP contribution in [0.4, 0.5) is 11.4 Å². The summed E-state index contributed by atoms with van der Waals surface area (Å²) in [6.07, 6.45) is 6.29. The van der Waals surface area contributed by atoms with E-state index in [1.165, 1.54) is 19.3 Å². The van der Waals surface area contributed by atoms with Gasteiger partial charge >= 0.3 is 0 Å². The second-order valence-electron chi connectivity index (χ2n) is 7.95. The van der Waals surface area contributed by atoms with E-state index >= 15 is 0 Å². The molecule has 0 aromatic heterocycles. The first-order chi connectivity index (χ1) is 12.0. The van der Waals surface area contributed by atoms with Crippen molar-refractivity contribution in [1.82, 2.24) is 0 Å². The number of rotatable bonds is 2. The summed E-state index contributed by atoms with van der Waals surface area (Å²) in [5.41, 5.74) is 9.29. The van der Waals surface area contributed by atoms with Crippen molar-refractivity contribution in [2.45, 2.75) is 51.5 Å². The van der Waals surface area contributed by atoms with Crippen LogP contribution in [0.1, 0.15) is 44.6 Å². The Bertz CT molecular complexity index is 688. The molecule has 3 N–H and O–H groups in total. The SMILES string of the molecule is CC(=O)N1CCc2cc(NC(=O)C3CC4CCCC(C3)C4N)ccc21. The predicted molar refractivity (Wildman–Crippen MR) is 98.3 cm³/mol. The Balaban J connectivity index is 1.44. The van der Waals surface area contributed by atoms with E-state index in [9.17, 15) is 9.59 Å². The number of carbonyl (C=O) groups excluding carboxylic acids is 2. The summed E-state index contributed by atoms with van der Waals surface area (Å²) in [4.78, 5) is 26.2. The molecule has 1 aromatic carbocycles. The number of anilines is 2. The van der Waals surface area contributed by atoms with Crippen molar-refractivity contribution < 1.29 is 9.59 Å². The molecule has 3 aliphatic rings. The third-order valence-electron chi connectivity index (χ3n) is 6.41. The normalized spacial score (nSPS) is 30.7. The van der Waals surface area contributed by atoms with Crippen molar-refractivity contribution in [3.63, 3.8) is 0 Å². The lowest BCUT2D eigenvalue weighted by Crippen LogP contribution is -2.48. The molecule has 2 aliphatic carbocycles. The molecular weight excluding hydrogens is 314 g/mol. The highest BCUT2D eigenvalue weighted by Crippen LogP contribution is 2.42. The summed E-state index contributed by atoms with van der Waals surface area (Å²) in [5.74, 6) is 1.29. The summed E-state index contributed by atoms with van der Waals surface area (Å²) in [5, 5.41) is 3.11. The highest BCUT2D eigenvalue weighted by Gasteiger charge is 2.40. The molecule has 5 nitrogen and oxygen atoms in total. The zero-order chi connectivity index (χ0) is 17.6. The Labute approximate surface area is 148 Å². The van der Waals surface area contributed by atoms with E-state index in [-0.39, 0.29) is 23.8 Å². The first-order valence-electron chi connectivity index (χ1n) is 9.50. The molecule has 25 heavy (non-hydrogen) atoms. The Kier molecular flexibility index (Phi) is 4.28. The summed E-state index contributed by atoms with van der Waals surface area (Å²) in [7, 11) is 0. The minimum Gasteiger partial charge on any atom is -0.327 e. The molecule has 0 saturated heterocycles. The Morgan fingerprint density at radius 3 is 2.60 bits per heavy atom. The van der Waals surface area contributed by atoms with Crippen molar-refractivity contribution in [3.05, 3.63) is 23.8 Å². The van der Waals surface area contributed by atoms with Crippen LogP contribution < -0.4 is 16.0 Å². The van der Waals surface area contributed by atoms with E-state index in [1.807, 2.05) is 18.2 Å². The minimum absolute atomic E-state index is 0.0700. The fourth-order valence-corrected chi connectivity index (χ4v) is 5.05. The molecule has 4 rings (SSSR count). The van der Waals surface area contributed by atoms with Gasteiger partial charge in [0, 0.05) is 36.8 Å². The summed E-state index contributed by atoms with van der Waals surface area (Å²) >= 11 is 0. The van der Waals surface area contributed by atoms with Crippen LogP contribution in [-0.4, -0.2) is 24.4 Å². The first kappa shape index (κ1) is 16.6. The summed E-state index contributed by atoms with van der Waals surface area (Å²) < 4.78 is 0. The van der Waals surface area contributed by atoms with Gasteiger partial charge in [0.15, 0.2) is 0 Å². The number of fused-ring (bicyclic) bond motifs is 3. The fraction of sp³-hybridized carbons (Fsp3) is 0.600. The van der Waals surface area contributed by atoms with E-state index in [2.05, 4.69) is 5.32 Å². The second-order valence-corrected chi connectivity index (χ2v) is 7.95. The summed E-state index contributed by atoms with van der Waals surface area (Å²) in [6, 6.07) is 6.17. The van der Waals surface area contributed by atoms with E-state index < -0.39 is 0 Å². The maximum absolute atomic E-state index is 12.8. The van der Waals surface area contributed by atoms with Crippen molar-refractivity contribution in [2.75, 3.05) is 16.8 Å². The maximum Gasteiger partial charge on any atom is 0.227 e. The monoisotopic (exact) mass is 341 g/mol. The van der Waals surface area contributed by atoms with Gasteiger partial charge in [-0.15, -0.1) is 0 Å². The smallest absolute Gasteiger partial charge is 0.227 e. The number of nitrogens with zero attached hydrogens (tertiary/aromatic N) is 1. The van der Waals surface area contributed by atoms with Crippen molar-refractivity contribution >= 4 is 23.2 Å². The molecule has 5 heteroatoms. The van der Waals surface area contributed by atoms with Gasteiger partial charge in [-0.25, -0.2) is 0 Å². The van der Waals surface area contributed by atoms with Crippen LogP contribution in [0.2, 0.25) is 0 Å². The third kappa shape index (κ3) is 3.06. The molecule has 2 fully saturated rings. The van der Waals surface area contributed by atoms with E-state index in [0.29, 0.717) is 11.8 Å². The number of nitrogens with two attached hydrogens (primary N) is 1. The topological polar surface area (TPSA) is 75.4 Å². The second kappa shape index (κ2) is 6.45. The fourth-order valence-electron chi connectivity index (χ4n) is 5.05. The largest absolute Gasteiger partial charge is 0.327 e. The van der Waals surface area contributed by atoms with Crippen LogP contribution >= 0.6 is 0 Å². The molecule has 2 amide bonds. The van der Waals surface area contributed by atoms with Crippen LogP contribution in [0.3, 0.4) is 0 Å². The van der Waals surface area contributed by atoms with Gasteiger partial charge < -0.3 is 16.0 Å². The highest BCUT2D eigenvalue weighted by atomic mass is 16.2. The van der Waals surface area contributed by atoms with Gasteiger partial charge in [-0.1, -0.05) is 6.42 Å². The van der Waals surface area contributed by atoms with E-state index in [1.54, 1.807) is 11.8 Å². The van der Waals surface area contributed by atoms with Crippen molar-refractivity contribution in [1.29, 1.82) is 0 Å². The first-order valence-corrected chi connectivity index (χ1v) is 9.50. The van der Waals surface area contributed by atoms with Gasteiger partial charge in [-0.2, -0.15) is 0 Å². The van der Waals surface area contributed by atoms with E-state index in [0.717, 1.165) is 42.7 Å². The van der Waals surface area contributed by atoms with Gasteiger partial charge in [0.05, 0.1) is 0 Å². The lowest BCUT2D eigenvalue weighted by atomic mass is 9.65. The average Bonchev–Trinajstić information content (AvgIpc) is 2.97. The molecule has 1 heterocycles. The Morgan fingerprint density at radius 1 is 1.20 bits per heavy atom. The molecule has 2 saturated carbocycles. The van der Waals surface area contributed by atoms with Crippen LogP contribution in [0.5, 0.6) is 0 Å². The third-order valence-corrected chi connectivity index (χ3v) is 6.41. The van der Waals surface area contributed by atoms with Crippen LogP contribution in [0, 0.1) is 17.8 Å². The minimum atomic E-state index is 0.0700. The molecule has 0 spiro atoms. The molecule has 2 atom stereocenters. The zero-order valence-electron chi connectivity index (χ0n) is 14.8. The Morgan fingerprint density at radius 2 is 1.92 bits per heavy atom. The van der Waals surface area contributed by atoms with Gasteiger partial charge in [0.2, 0.25) is 11.8 Å². The standard InChI is InChI=1S/C20H27N3O2/c1-12(24)23-8-7-13-11-17(5-6-18(13)23)22-20(25)16-9-14-3-2-4-15(10-16)19(14)21/h5-6,11,14-16,19H,2-4,7-10,21H2,1H3,(H,22,25). The van der Waals surface area contributed by atoms with Gasteiger partial charge in [0.1, 0.15) is 0 Å². The number of amides is 2. The lowest BCUT2D eigenvalue weighted by molar-refractivity contribution is -0.122. The molecule has 2 bridgehead atoms. The lowest BCUT2D eigenvalue weighted by Gasteiger charge is -2.43. The molecule has 2 unspecified atom stereocenters. The van der Waals surface area contributed by atoms with E-state index in [4.69, 9.17) is 5.73 Å². The number of hydrogen-bond donors (Lipinski definition) is 2. The van der Waals surface area contributed by atoms with Gasteiger partial charge in [-0.05, 0) is 67.7 Å². The van der Waals surface area contributed by atoms with Crippen LogP contribution in [0.25, 0.3) is 0 Å². The van der Waals surface area contributed by atoms with Gasteiger partial charge in [0.25, 0.3) is 0 Å². The number of nitrogens with one attached hydrogen (secondary N) is 1. The molecule has 1 aliphatic heterocycles.